The third-order valence-corrected chi connectivity index (χ3v) is 5.90. The first-order valence-electron chi connectivity index (χ1n) is 7.58. The van der Waals surface area contributed by atoms with E-state index in [9.17, 15) is 13.5 Å². The number of sulfonamides is 1. The molecule has 2 heterocycles. The van der Waals surface area contributed by atoms with Gasteiger partial charge in [-0.15, -0.1) is 0 Å². The zero-order valence-corrected chi connectivity index (χ0v) is 13.7. The molecule has 5 heteroatoms. The van der Waals surface area contributed by atoms with Crippen molar-refractivity contribution in [2.75, 3.05) is 6.26 Å². The summed E-state index contributed by atoms with van der Waals surface area (Å²) in [5.74, 6) is 6.05. The van der Waals surface area contributed by atoms with Crippen molar-refractivity contribution in [2.24, 2.45) is 0 Å². The van der Waals surface area contributed by atoms with Gasteiger partial charge in [0.25, 0.3) is 0 Å². The molecule has 118 valence electrons. The molecule has 2 aliphatic heterocycles. The predicted molar refractivity (Wildman–Crippen MR) is 85.7 cm³/mol. The molecule has 0 radical (unpaired) electrons. The standard InChI is InChI=1S/C17H21NO3S/c1-13-4-3-5-14(10-13)8-9-17(19)11-15-6-7-16(12-17)18(15)22(2,20)21/h3-5,10,15-16,19H,6-7,11-12H2,1-2H3/t15-,16-/m1/s1. The van der Waals surface area contributed by atoms with Crippen molar-refractivity contribution in [3.8, 4) is 11.8 Å². The molecule has 0 saturated carbocycles. The molecule has 2 atom stereocenters. The molecule has 0 aliphatic carbocycles. The van der Waals surface area contributed by atoms with E-state index in [1.807, 2.05) is 31.2 Å². The SMILES string of the molecule is Cc1cccc(C#CC2(O)C[C@H]3CC[C@H](C2)N3S(C)(=O)=O)c1. The number of hydrogen-bond acceptors (Lipinski definition) is 3. The van der Waals surface area contributed by atoms with E-state index in [1.54, 1.807) is 4.31 Å². The molecular formula is C17H21NO3S. The second kappa shape index (κ2) is 5.38. The number of fused-ring (bicyclic) bond motifs is 2. The quantitative estimate of drug-likeness (QED) is 0.801. The topological polar surface area (TPSA) is 57.6 Å². The van der Waals surface area contributed by atoms with Gasteiger partial charge in [-0.25, -0.2) is 8.42 Å². The summed E-state index contributed by atoms with van der Waals surface area (Å²) in [6.07, 6.45) is 3.67. The minimum atomic E-state index is -3.21. The van der Waals surface area contributed by atoms with Crippen LogP contribution in [-0.2, 0) is 10.0 Å². The summed E-state index contributed by atoms with van der Waals surface area (Å²) in [4.78, 5) is 0. The zero-order valence-electron chi connectivity index (χ0n) is 12.9. The van der Waals surface area contributed by atoms with Crippen molar-refractivity contribution in [3.63, 3.8) is 0 Å². The number of aryl methyl sites for hydroxylation is 1. The van der Waals surface area contributed by atoms with Gasteiger partial charge in [0.1, 0.15) is 5.60 Å². The minimum absolute atomic E-state index is 0.120. The van der Waals surface area contributed by atoms with Crippen molar-refractivity contribution in [3.05, 3.63) is 35.4 Å². The molecule has 1 N–H and O–H groups in total. The van der Waals surface area contributed by atoms with Gasteiger partial charge < -0.3 is 5.11 Å². The van der Waals surface area contributed by atoms with E-state index in [-0.39, 0.29) is 12.1 Å². The van der Waals surface area contributed by atoms with Crippen LogP contribution < -0.4 is 0 Å². The number of piperidine rings is 1. The summed E-state index contributed by atoms with van der Waals surface area (Å²) in [6.45, 7) is 2.00. The van der Waals surface area contributed by atoms with Crippen molar-refractivity contribution in [1.82, 2.24) is 4.31 Å². The Kier molecular flexibility index (Phi) is 3.80. The van der Waals surface area contributed by atoms with Gasteiger partial charge in [0, 0.05) is 30.5 Å². The maximum Gasteiger partial charge on any atom is 0.211 e. The van der Waals surface area contributed by atoms with E-state index in [4.69, 9.17) is 0 Å². The van der Waals surface area contributed by atoms with Crippen LogP contribution in [0, 0.1) is 18.8 Å². The Morgan fingerprint density at radius 1 is 1.27 bits per heavy atom. The average Bonchev–Trinajstić information content (AvgIpc) is 2.71. The van der Waals surface area contributed by atoms with Crippen molar-refractivity contribution < 1.29 is 13.5 Å². The number of hydrogen-bond donors (Lipinski definition) is 1. The normalized spacial score (nSPS) is 31.6. The van der Waals surface area contributed by atoms with E-state index < -0.39 is 15.6 Å². The molecule has 0 amide bonds. The van der Waals surface area contributed by atoms with Crippen LogP contribution in [0.15, 0.2) is 24.3 Å². The minimum Gasteiger partial charge on any atom is -0.377 e. The fourth-order valence-electron chi connectivity index (χ4n) is 3.74. The summed E-state index contributed by atoms with van der Waals surface area (Å²) in [5, 5.41) is 10.8. The fraction of sp³-hybridized carbons (Fsp3) is 0.529. The van der Waals surface area contributed by atoms with Crippen molar-refractivity contribution in [2.45, 2.75) is 50.3 Å². The van der Waals surface area contributed by atoms with Gasteiger partial charge in [-0.1, -0.05) is 24.0 Å². The summed E-state index contributed by atoms with van der Waals surface area (Å²) in [5.41, 5.74) is 0.925. The summed E-state index contributed by atoms with van der Waals surface area (Å²) in [7, 11) is -3.21. The highest BCUT2D eigenvalue weighted by molar-refractivity contribution is 7.88. The number of nitrogens with zero attached hydrogens (tertiary/aromatic N) is 1. The van der Waals surface area contributed by atoms with Gasteiger partial charge in [-0.05, 0) is 37.5 Å². The van der Waals surface area contributed by atoms with Gasteiger partial charge in [-0.2, -0.15) is 4.31 Å². The van der Waals surface area contributed by atoms with E-state index in [1.165, 1.54) is 6.26 Å². The van der Waals surface area contributed by atoms with Crippen LogP contribution in [0.4, 0.5) is 0 Å². The van der Waals surface area contributed by atoms with Crippen LogP contribution in [-0.4, -0.2) is 41.8 Å². The third kappa shape index (κ3) is 3.05. The van der Waals surface area contributed by atoms with Crippen LogP contribution in [0.2, 0.25) is 0 Å². The molecule has 0 aromatic heterocycles. The van der Waals surface area contributed by atoms with Crippen molar-refractivity contribution in [1.29, 1.82) is 0 Å². The number of aliphatic hydroxyl groups is 1. The molecular weight excluding hydrogens is 298 g/mol. The Labute approximate surface area is 132 Å². The third-order valence-electron chi connectivity index (χ3n) is 4.54. The van der Waals surface area contributed by atoms with Crippen LogP contribution in [0.25, 0.3) is 0 Å². The van der Waals surface area contributed by atoms with Gasteiger partial charge in [0.2, 0.25) is 10.0 Å². The van der Waals surface area contributed by atoms with Gasteiger partial charge in [0.05, 0.1) is 6.26 Å². The lowest BCUT2D eigenvalue weighted by molar-refractivity contribution is 0.0199. The molecule has 0 spiro atoms. The molecule has 0 unspecified atom stereocenters. The summed E-state index contributed by atoms with van der Waals surface area (Å²) in [6, 6.07) is 7.61. The Morgan fingerprint density at radius 2 is 1.91 bits per heavy atom. The Morgan fingerprint density at radius 3 is 2.45 bits per heavy atom. The highest BCUT2D eigenvalue weighted by Crippen LogP contribution is 2.41. The lowest BCUT2D eigenvalue weighted by atomic mass is 9.88. The molecule has 2 aliphatic rings. The molecule has 2 fully saturated rings. The number of benzene rings is 1. The Bertz CT molecular complexity index is 731. The van der Waals surface area contributed by atoms with Crippen LogP contribution >= 0.6 is 0 Å². The Balaban J connectivity index is 1.83. The van der Waals surface area contributed by atoms with E-state index in [0.29, 0.717) is 12.8 Å². The van der Waals surface area contributed by atoms with Crippen LogP contribution in [0.3, 0.4) is 0 Å². The smallest absolute Gasteiger partial charge is 0.211 e. The fourth-order valence-corrected chi connectivity index (χ4v) is 5.18. The monoisotopic (exact) mass is 319 g/mol. The van der Waals surface area contributed by atoms with Gasteiger partial charge in [0.15, 0.2) is 0 Å². The van der Waals surface area contributed by atoms with Crippen LogP contribution in [0.5, 0.6) is 0 Å². The summed E-state index contributed by atoms with van der Waals surface area (Å²) < 4.78 is 25.3. The van der Waals surface area contributed by atoms with Gasteiger partial charge in [-0.3, -0.25) is 0 Å². The second-order valence-corrected chi connectivity index (χ2v) is 8.42. The molecule has 2 saturated heterocycles. The maximum absolute atomic E-state index is 11.9. The highest BCUT2D eigenvalue weighted by Gasteiger charge is 2.50. The second-order valence-electron chi connectivity index (χ2n) is 6.54. The molecule has 2 bridgehead atoms. The predicted octanol–water partition coefficient (Wildman–Crippen LogP) is 1.66. The van der Waals surface area contributed by atoms with Crippen LogP contribution in [0.1, 0.15) is 36.8 Å². The first kappa shape index (κ1) is 15.5. The molecule has 1 aromatic rings. The zero-order chi connectivity index (χ0) is 16.0. The van der Waals surface area contributed by atoms with E-state index in [2.05, 4.69) is 11.8 Å². The largest absolute Gasteiger partial charge is 0.377 e. The number of rotatable bonds is 1. The van der Waals surface area contributed by atoms with Gasteiger partial charge >= 0.3 is 0 Å². The van der Waals surface area contributed by atoms with Crippen molar-refractivity contribution >= 4 is 10.0 Å². The molecule has 1 aromatic carbocycles. The first-order valence-corrected chi connectivity index (χ1v) is 9.42. The van der Waals surface area contributed by atoms with E-state index >= 15 is 0 Å². The Hall–Kier alpha value is -1.35. The average molecular weight is 319 g/mol. The molecule has 3 rings (SSSR count). The lowest BCUT2D eigenvalue weighted by Crippen LogP contribution is -2.52. The molecule has 22 heavy (non-hydrogen) atoms. The molecule has 4 nitrogen and oxygen atoms in total. The lowest BCUT2D eigenvalue weighted by Gasteiger charge is -2.39. The first-order chi connectivity index (χ1) is 10.3. The maximum atomic E-state index is 11.9. The van der Waals surface area contributed by atoms with E-state index in [0.717, 1.165) is 24.0 Å². The summed E-state index contributed by atoms with van der Waals surface area (Å²) >= 11 is 0. The highest BCUT2D eigenvalue weighted by atomic mass is 32.2.